The highest BCUT2D eigenvalue weighted by atomic mass is 16.5. The predicted molar refractivity (Wildman–Crippen MR) is 68.6 cm³/mol. The molecule has 90 valence electrons. The number of ether oxygens (including phenoxy) is 1. The monoisotopic (exact) mass is 229 g/mol. The molecule has 2 aliphatic rings. The number of hydrogen-bond donors (Lipinski definition) is 1. The zero-order valence-electron chi connectivity index (χ0n) is 10.1. The number of fused-ring (bicyclic) bond motifs is 1. The van der Waals surface area contributed by atoms with Gasteiger partial charge in [-0.15, -0.1) is 0 Å². The molecule has 17 heavy (non-hydrogen) atoms. The second-order valence-electron chi connectivity index (χ2n) is 5.13. The van der Waals surface area contributed by atoms with Crippen molar-refractivity contribution in [3.63, 3.8) is 0 Å². The Labute approximate surface area is 102 Å². The van der Waals surface area contributed by atoms with Gasteiger partial charge in [0.15, 0.2) is 0 Å². The molecule has 1 aliphatic heterocycles. The largest absolute Gasteiger partial charge is 0.501 e. The van der Waals surface area contributed by atoms with Gasteiger partial charge in [0.1, 0.15) is 0 Å². The molecule has 2 N–H and O–H groups in total. The predicted octanol–water partition coefficient (Wildman–Crippen LogP) is 2.42. The van der Waals surface area contributed by atoms with Gasteiger partial charge < -0.3 is 10.5 Å². The van der Waals surface area contributed by atoms with Gasteiger partial charge in [-0.25, -0.2) is 0 Å². The summed E-state index contributed by atoms with van der Waals surface area (Å²) in [6, 6.07) is 8.87. The van der Waals surface area contributed by atoms with Gasteiger partial charge in [-0.2, -0.15) is 0 Å². The Morgan fingerprint density at radius 2 is 1.88 bits per heavy atom. The molecule has 1 aliphatic carbocycles. The van der Waals surface area contributed by atoms with Crippen LogP contribution in [0.15, 0.2) is 36.1 Å². The molecule has 1 aromatic carbocycles. The molecule has 0 saturated heterocycles. The molecule has 0 spiro atoms. The van der Waals surface area contributed by atoms with Gasteiger partial charge in [0.2, 0.25) is 0 Å². The fourth-order valence-corrected chi connectivity index (χ4v) is 2.98. The van der Waals surface area contributed by atoms with Crippen LogP contribution in [-0.4, -0.2) is 12.6 Å². The van der Waals surface area contributed by atoms with E-state index in [9.17, 15) is 0 Å². The fraction of sp³-hybridized carbons (Fsp3) is 0.467. The van der Waals surface area contributed by atoms with E-state index >= 15 is 0 Å². The number of rotatable bonds is 2. The van der Waals surface area contributed by atoms with Crippen molar-refractivity contribution in [1.29, 1.82) is 0 Å². The lowest BCUT2D eigenvalue weighted by atomic mass is 9.89. The van der Waals surface area contributed by atoms with Crippen LogP contribution in [0.2, 0.25) is 0 Å². The molecule has 0 aromatic heterocycles. The quantitative estimate of drug-likeness (QED) is 0.845. The summed E-state index contributed by atoms with van der Waals surface area (Å²) in [5.74, 6) is 0.556. The van der Waals surface area contributed by atoms with E-state index in [1.165, 1.54) is 16.7 Å². The normalized spacial score (nSPS) is 21.6. The zero-order chi connectivity index (χ0) is 11.7. The van der Waals surface area contributed by atoms with Crippen molar-refractivity contribution in [3.05, 3.63) is 47.2 Å². The molecule has 1 unspecified atom stereocenters. The van der Waals surface area contributed by atoms with E-state index in [1.807, 2.05) is 6.26 Å². The highest BCUT2D eigenvalue weighted by Crippen LogP contribution is 2.31. The third-order valence-electron chi connectivity index (χ3n) is 3.98. The minimum absolute atomic E-state index is 0.169. The molecular weight excluding hydrogens is 210 g/mol. The molecule has 1 aromatic rings. The van der Waals surface area contributed by atoms with Crippen molar-refractivity contribution in [2.45, 2.75) is 31.7 Å². The number of hydrogen-bond acceptors (Lipinski definition) is 2. The van der Waals surface area contributed by atoms with E-state index in [1.54, 1.807) is 0 Å². The Balaban J connectivity index is 1.73. The van der Waals surface area contributed by atoms with E-state index in [-0.39, 0.29) is 6.04 Å². The van der Waals surface area contributed by atoms with Gasteiger partial charge in [-0.05, 0) is 48.3 Å². The topological polar surface area (TPSA) is 35.2 Å². The lowest BCUT2D eigenvalue weighted by molar-refractivity contribution is 0.218. The molecule has 0 fully saturated rings. The summed E-state index contributed by atoms with van der Waals surface area (Å²) in [5.41, 5.74) is 10.6. The van der Waals surface area contributed by atoms with E-state index in [2.05, 4.69) is 24.3 Å². The molecule has 0 radical (unpaired) electrons. The van der Waals surface area contributed by atoms with Gasteiger partial charge in [0.25, 0.3) is 0 Å². The summed E-state index contributed by atoms with van der Waals surface area (Å²) in [7, 11) is 0. The lowest BCUT2D eigenvalue weighted by Crippen LogP contribution is -2.33. The third kappa shape index (κ3) is 2.09. The van der Waals surface area contributed by atoms with E-state index in [4.69, 9.17) is 10.5 Å². The summed E-state index contributed by atoms with van der Waals surface area (Å²) in [6.07, 6.45) is 6.35. The first-order valence-corrected chi connectivity index (χ1v) is 6.47. The van der Waals surface area contributed by atoms with Crippen molar-refractivity contribution >= 4 is 0 Å². The second-order valence-corrected chi connectivity index (χ2v) is 5.13. The van der Waals surface area contributed by atoms with Gasteiger partial charge >= 0.3 is 0 Å². The van der Waals surface area contributed by atoms with Crippen LogP contribution in [0.3, 0.4) is 0 Å². The Kier molecular flexibility index (Phi) is 2.89. The molecular formula is C15H19NO. The maximum atomic E-state index is 6.38. The molecule has 2 heteroatoms. The van der Waals surface area contributed by atoms with Crippen molar-refractivity contribution in [2.24, 2.45) is 11.7 Å². The van der Waals surface area contributed by atoms with Crippen LogP contribution in [0.25, 0.3) is 0 Å². The summed E-state index contributed by atoms with van der Waals surface area (Å²) in [6.45, 7) is 0.848. The van der Waals surface area contributed by atoms with Gasteiger partial charge in [-0.1, -0.05) is 24.3 Å². The second kappa shape index (κ2) is 4.53. The summed E-state index contributed by atoms with van der Waals surface area (Å²) < 4.78 is 5.40. The van der Waals surface area contributed by atoms with Gasteiger partial charge in [-0.3, -0.25) is 0 Å². The number of nitrogens with two attached hydrogens (primary N) is 1. The maximum Gasteiger partial charge on any atom is 0.0876 e. The molecule has 3 rings (SSSR count). The Morgan fingerprint density at radius 3 is 2.47 bits per heavy atom. The van der Waals surface area contributed by atoms with Gasteiger partial charge in [0, 0.05) is 6.04 Å². The maximum absolute atomic E-state index is 6.38. The van der Waals surface area contributed by atoms with Crippen LogP contribution in [0.4, 0.5) is 0 Å². The van der Waals surface area contributed by atoms with Crippen molar-refractivity contribution in [1.82, 2.24) is 0 Å². The molecule has 0 amide bonds. The van der Waals surface area contributed by atoms with Crippen LogP contribution in [-0.2, 0) is 17.6 Å². The fourth-order valence-electron chi connectivity index (χ4n) is 2.98. The summed E-state index contributed by atoms with van der Waals surface area (Å²) >= 11 is 0. The Bertz CT molecular complexity index is 413. The zero-order valence-corrected chi connectivity index (χ0v) is 10.1. The number of benzene rings is 1. The standard InChI is InChI=1S/C15H19NO/c16-15(13-6-3-7-17-10-13)14-8-11-4-1-2-5-12(11)9-14/h1-2,4-5,10,14-15H,3,6-9,16H2. The van der Waals surface area contributed by atoms with E-state index in [0.29, 0.717) is 5.92 Å². The van der Waals surface area contributed by atoms with Crippen LogP contribution in [0.5, 0.6) is 0 Å². The van der Waals surface area contributed by atoms with Crippen LogP contribution >= 0.6 is 0 Å². The van der Waals surface area contributed by atoms with Crippen molar-refractivity contribution in [2.75, 3.05) is 6.61 Å². The molecule has 0 bridgehead atoms. The SMILES string of the molecule is NC(C1=COCCC1)C1Cc2ccccc2C1. The minimum Gasteiger partial charge on any atom is -0.501 e. The summed E-state index contributed by atoms with van der Waals surface area (Å²) in [5, 5.41) is 0. The van der Waals surface area contributed by atoms with Gasteiger partial charge in [0.05, 0.1) is 12.9 Å². The highest BCUT2D eigenvalue weighted by molar-refractivity contribution is 5.33. The van der Waals surface area contributed by atoms with Crippen LogP contribution in [0.1, 0.15) is 24.0 Å². The van der Waals surface area contributed by atoms with Crippen LogP contribution in [0, 0.1) is 5.92 Å². The average Bonchev–Trinajstić information content (AvgIpc) is 2.82. The minimum atomic E-state index is 0.169. The molecule has 2 nitrogen and oxygen atoms in total. The van der Waals surface area contributed by atoms with Crippen molar-refractivity contribution < 1.29 is 4.74 Å². The Morgan fingerprint density at radius 1 is 1.18 bits per heavy atom. The molecule has 1 atom stereocenters. The highest BCUT2D eigenvalue weighted by Gasteiger charge is 2.28. The van der Waals surface area contributed by atoms with Crippen LogP contribution < -0.4 is 5.73 Å². The average molecular weight is 229 g/mol. The lowest BCUT2D eigenvalue weighted by Gasteiger charge is -2.24. The smallest absolute Gasteiger partial charge is 0.0876 e. The summed E-state index contributed by atoms with van der Waals surface area (Å²) in [4.78, 5) is 0. The van der Waals surface area contributed by atoms with Crippen molar-refractivity contribution in [3.8, 4) is 0 Å². The first-order chi connectivity index (χ1) is 8.34. The first kappa shape index (κ1) is 10.8. The van der Waals surface area contributed by atoms with E-state index < -0.39 is 0 Å². The molecule has 0 saturated carbocycles. The van der Waals surface area contributed by atoms with E-state index in [0.717, 1.165) is 32.3 Å². The Hall–Kier alpha value is -1.28. The molecule has 1 heterocycles. The third-order valence-corrected chi connectivity index (χ3v) is 3.98. The first-order valence-electron chi connectivity index (χ1n) is 6.47.